The molecule has 0 amide bonds. The first-order valence-corrected chi connectivity index (χ1v) is 5.96. The lowest BCUT2D eigenvalue weighted by molar-refractivity contribution is 0.277. The highest BCUT2D eigenvalue weighted by molar-refractivity contribution is 5.25. The van der Waals surface area contributed by atoms with Crippen LogP contribution in [0.15, 0.2) is 18.3 Å². The van der Waals surface area contributed by atoms with E-state index in [9.17, 15) is 0 Å². The van der Waals surface area contributed by atoms with E-state index >= 15 is 0 Å². The van der Waals surface area contributed by atoms with Gasteiger partial charge in [-0.2, -0.15) is 5.26 Å². The SMILES string of the molecule is N#Cc1cc(CN2CCCCCC2)ccn1. The van der Waals surface area contributed by atoms with E-state index in [1.54, 1.807) is 6.20 Å². The van der Waals surface area contributed by atoms with Crippen LogP contribution in [0.25, 0.3) is 0 Å². The Kier molecular flexibility index (Phi) is 3.90. The Morgan fingerprint density at radius 3 is 2.69 bits per heavy atom. The average Bonchev–Trinajstić information content (AvgIpc) is 2.58. The zero-order valence-corrected chi connectivity index (χ0v) is 9.52. The fraction of sp³-hybridized carbons (Fsp3) is 0.538. The second-order valence-corrected chi connectivity index (χ2v) is 4.35. The molecule has 0 saturated carbocycles. The second kappa shape index (κ2) is 5.62. The molecule has 0 spiro atoms. The minimum atomic E-state index is 0.521. The van der Waals surface area contributed by atoms with Crippen molar-refractivity contribution >= 4 is 0 Å². The van der Waals surface area contributed by atoms with Crippen LogP contribution in [0.1, 0.15) is 36.9 Å². The van der Waals surface area contributed by atoms with E-state index in [0.29, 0.717) is 5.69 Å². The molecule has 0 bridgehead atoms. The van der Waals surface area contributed by atoms with Crippen LogP contribution in [0, 0.1) is 11.3 Å². The summed E-state index contributed by atoms with van der Waals surface area (Å²) in [5, 5.41) is 8.79. The average molecular weight is 215 g/mol. The number of rotatable bonds is 2. The van der Waals surface area contributed by atoms with Gasteiger partial charge in [0.15, 0.2) is 0 Å². The van der Waals surface area contributed by atoms with Crippen LogP contribution in [0.5, 0.6) is 0 Å². The van der Waals surface area contributed by atoms with Gasteiger partial charge in [0.2, 0.25) is 0 Å². The van der Waals surface area contributed by atoms with Gasteiger partial charge in [0.25, 0.3) is 0 Å². The predicted octanol–water partition coefficient (Wildman–Crippen LogP) is 2.33. The number of likely N-dealkylation sites (tertiary alicyclic amines) is 1. The summed E-state index contributed by atoms with van der Waals surface area (Å²) in [7, 11) is 0. The number of pyridine rings is 1. The fourth-order valence-electron chi connectivity index (χ4n) is 2.19. The van der Waals surface area contributed by atoms with E-state index in [1.165, 1.54) is 44.3 Å². The Bertz CT molecular complexity index is 373. The summed E-state index contributed by atoms with van der Waals surface area (Å²) in [6.45, 7) is 3.33. The van der Waals surface area contributed by atoms with Crippen molar-refractivity contribution in [1.29, 1.82) is 5.26 Å². The van der Waals surface area contributed by atoms with Gasteiger partial charge >= 0.3 is 0 Å². The normalized spacial score (nSPS) is 17.7. The van der Waals surface area contributed by atoms with Crippen molar-refractivity contribution < 1.29 is 0 Å². The maximum Gasteiger partial charge on any atom is 0.140 e. The predicted molar refractivity (Wildman–Crippen MR) is 62.7 cm³/mol. The minimum Gasteiger partial charge on any atom is -0.299 e. The van der Waals surface area contributed by atoms with Crippen molar-refractivity contribution in [3.8, 4) is 6.07 Å². The quantitative estimate of drug-likeness (QED) is 0.760. The molecule has 2 rings (SSSR count). The third-order valence-electron chi connectivity index (χ3n) is 3.04. The molecule has 16 heavy (non-hydrogen) atoms. The van der Waals surface area contributed by atoms with Crippen molar-refractivity contribution in [2.24, 2.45) is 0 Å². The highest BCUT2D eigenvalue weighted by Gasteiger charge is 2.09. The van der Waals surface area contributed by atoms with Crippen LogP contribution >= 0.6 is 0 Å². The Morgan fingerprint density at radius 1 is 1.25 bits per heavy atom. The lowest BCUT2D eigenvalue weighted by atomic mass is 10.2. The monoisotopic (exact) mass is 215 g/mol. The zero-order valence-electron chi connectivity index (χ0n) is 9.52. The first kappa shape index (κ1) is 11.1. The summed E-state index contributed by atoms with van der Waals surface area (Å²) >= 11 is 0. The van der Waals surface area contributed by atoms with E-state index in [-0.39, 0.29) is 0 Å². The molecule has 2 heterocycles. The molecule has 1 saturated heterocycles. The summed E-state index contributed by atoms with van der Waals surface area (Å²) in [6.07, 6.45) is 7.05. The molecule has 1 fully saturated rings. The molecule has 0 aliphatic carbocycles. The molecule has 0 N–H and O–H groups in total. The van der Waals surface area contributed by atoms with Crippen LogP contribution in [0.4, 0.5) is 0 Å². The van der Waals surface area contributed by atoms with Crippen LogP contribution in [0.2, 0.25) is 0 Å². The molecule has 3 nitrogen and oxygen atoms in total. The van der Waals surface area contributed by atoms with E-state index in [2.05, 4.69) is 16.0 Å². The fourth-order valence-corrected chi connectivity index (χ4v) is 2.19. The summed E-state index contributed by atoms with van der Waals surface area (Å²) in [4.78, 5) is 6.47. The Labute approximate surface area is 96.7 Å². The van der Waals surface area contributed by atoms with Crippen LogP contribution in [-0.2, 0) is 6.54 Å². The number of aromatic nitrogens is 1. The van der Waals surface area contributed by atoms with Crippen molar-refractivity contribution in [1.82, 2.24) is 9.88 Å². The summed E-state index contributed by atoms with van der Waals surface area (Å²) in [5.74, 6) is 0. The van der Waals surface area contributed by atoms with Gasteiger partial charge in [-0.1, -0.05) is 12.8 Å². The van der Waals surface area contributed by atoms with Gasteiger partial charge in [0.05, 0.1) is 0 Å². The molecule has 3 heteroatoms. The third kappa shape index (κ3) is 3.04. The largest absolute Gasteiger partial charge is 0.299 e. The lowest BCUT2D eigenvalue weighted by Crippen LogP contribution is -2.23. The number of nitrogens with zero attached hydrogens (tertiary/aromatic N) is 3. The van der Waals surface area contributed by atoms with Gasteiger partial charge in [0.1, 0.15) is 11.8 Å². The summed E-state index contributed by atoms with van der Waals surface area (Å²) in [5.41, 5.74) is 1.72. The number of nitriles is 1. The highest BCUT2D eigenvalue weighted by Crippen LogP contribution is 2.13. The molecule has 0 unspecified atom stereocenters. The smallest absolute Gasteiger partial charge is 0.140 e. The molecule has 1 aromatic heterocycles. The standard InChI is InChI=1S/C13H17N3/c14-10-13-9-12(5-6-15-13)11-16-7-3-1-2-4-8-16/h5-6,9H,1-4,7-8,11H2. The van der Waals surface area contributed by atoms with Gasteiger partial charge in [-0.25, -0.2) is 4.98 Å². The summed E-state index contributed by atoms with van der Waals surface area (Å²) in [6, 6.07) is 5.99. The Hall–Kier alpha value is -1.40. The topological polar surface area (TPSA) is 39.9 Å². The molecule has 1 aliphatic heterocycles. The van der Waals surface area contributed by atoms with Gasteiger partial charge in [-0.15, -0.1) is 0 Å². The van der Waals surface area contributed by atoms with Crippen molar-refractivity contribution in [2.75, 3.05) is 13.1 Å². The Balaban J connectivity index is 1.99. The zero-order chi connectivity index (χ0) is 11.2. The highest BCUT2D eigenvalue weighted by atomic mass is 15.1. The van der Waals surface area contributed by atoms with Gasteiger partial charge < -0.3 is 0 Å². The van der Waals surface area contributed by atoms with E-state index in [0.717, 1.165) is 6.54 Å². The van der Waals surface area contributed by atoms with Gasteiger partial charge in [0, 0.05) is 12.7 Å². The van der Waals surface area contributed by atoms with Crippen molar-refractivity contribution in [3.63, 3.8) is 0 Å². The second-order valence-electron chi connectivity index (χ2n) is 4.35. The molecule has 0 aromatic carbocycles. The molecule has 0 atom stereocenters. The number of hydrogen-bond donors (Lipinski definition) is 0. The van der Waals surface area contributed by atoms with Crippen LogP contribution in [0.3, 0.4) is 0 Å². The van der Waals surface area contributed by atoms with Gasteiger partial charge in [-0.05, 0) is 43.6 Å². The van der Waals surface area contributed by atoms with Crippen molar-refractivity contribution in [2.45, 2.75) is 32.2 Å². The van der Waals surface area contributed by atoms with E-state index < -0.39 is 0 Å². The first-order valence-electron chi connectivity index (χ1n) is 5.96. The molecule has 1 aliphatic rings. The number of hydrogen-bond acceptors (Lipinski definition) is 3. The van der Waals surface area contributed by atoms with E-state index in [4.69, 9.17) is 5.26 Å². The van der Waals surface area contributed by atoms with Crippen LogP contribution in [-0.4, -0.2) is 23.0 Å². The molecular formula is C13H17N3. The molecule has 1 aromatic rings. The minimum absolute atomic E-state index is 0.521. The lowest BCUT2D eigenvalue weighted by Gasteiger charge is -2.19. The third-order valence-corrected chi connectivity index (χ3v) is 3.04. The molecule has 84 valence electrons. The molecular weight excluding hydrogens is 198 g/mol. The summed E-state index contributed by atoms with van der Waals surface area (Å²) < 4.78 is 0. The van der Waals surface area contributed by atoms with Crippen LogP contribution < -0.4 is 0 Å². The maximum absolute atomic E-state index is 8.79. The maximum atomic E-state index is 8.79. The van der Waals surface area contributed by atoms with E-state index in [1.807, 2.05) is 12.1 Å². The molecule has 0 radical (unpaired) electrons. The Morgan fingerprint density at radius 2 is 2.00 bits per heavy atom. The van der Waals surface area contributed by atoms with Crippen molar-refractivity contribution in [3.05, 3.63) is 29.6 Å². The first-order chi connectivity index (χ1) is 7.88. The van der Waals surface area contributed by atoms with Gasteiger partial charge in [-0.3, -0.25) is 4.90 Å².